The van der Waals surface area contributed by atoms with E-state index in [0.717, 1.165) is 25.3 Å². The number of hydrogen-bond acceptors (Lipinski definition) is 1. The fourth-order valence-corrected chi connectivity index (χ4v) is 4.25. The van der Waals surface area contributed by atoms with Crippen LogP contribution in [0.15, 0.2) is 0 Å². The lowest BCUT2D eigenvalue weighted by Crippen LogP contribution is -2.50. The zero-order valence-electron chi connectivity index (χ0n) is 11.0. The van der Waals surface area contributed by atoms with Crippen LogP contribution in [-0.2, 0) is 0 Å². The summed E-state index contributed by atoms with van der Waals surface area (Å²) in [6.45, 7) is 8.45. The Kier molecular flexibility index (Phi) is 3.05. The largest absolute Gasteiger partial charge is 0.313 e. The summed E-state index contributed by atoms with van der Waals surface area (Å²) in [7, 11) is 0. The standard InChI is InChI=1S/C15H25N/c1-5-6-7-10-16-13-14(2,3)12-8-9-15(13,4)11-12/h1,12-13,16H,6-11H2,2-4H3. The van der Waals surface area contributed by atoms with Crippen LogP contribution in [0.1, 0.15) is 52.9 Å². The molecule has 1 heteroatoms. The van der Waals surface area contributed by atoms with E-state index in [1.165, 1.54) is 19.3 Å². The third kappa shape index (κ3) is 1.78. The summed E-state index contributed by atoms with van der Waals surface area (Å²) in [5, 5.41) is 3.78. The van der Waals surface area contributed by atoms with E-state index in [4.69, 9.17) is 6.42 Å². The molecule has 0 amide bonds. The number of fused-ring (bicyclic) bond motifs is 2. The Balaban J connectivity index is 1.95. The average Bonchev–Trinajstić information content (AvgIpc) is 2.68. The van der Waals surface area contributed by atoms with Crippen LogP contribution in [0, 0.1) is 29.1 Å². The summed E-state index contributed by atoms with van der Waals surface area (Å²) in [5.41, 5.74) is 1.02. The molecule has 0 saturated heterocycles. The van der Waals surface area contributed by atoms with Gasteiger partial charge in [-0.1, -0.05) is 20.8 Å². The lowest BCUT2D eigenvalue weighted by Gasteiger charge is -2.43. The quantitative estimate of drug-likeness (QED) is 0.565. The van der Waals surface area contributed by atoms with Crippen molar-refractivity contribution in [2.45, 2.75) is 58.9 Å². The normalized spacial score (nSPS) is 39.9. The maximum atomic E-state index is 5.28. The van der Waals surface area contributed by atoms with Crippen molar-refractivity contribution in [3.8, 4) is 12.3 Å². The molecule has 2 saturated carbocycles. The summed E-state index contributed by atoms with van der Waals surface area (Å²) in [6.07, 6.45) is 11.6. The van der Waals surface area contributed by atoms with Gasteiger partial charge in [-0.05, 0) is 49.0 Å². The first-order chi connectivity index (χ1) is 7.50. The molecule has 2 bridgehead atoms. The maximum absolute atomic E-state index is 5.28. The van der Waals surface area contributed by atoms with Gasteiger partial charge in [0.25, 0.3) is 0 Å². The summed E-state index contributed by atoms with van der Waals surface area (Å²) in [5.74, 6) is 3.65. The lowest BCUT2D eigenvalue weighted by atomic mass is 9.68. The Morgan fingerprint density at radius 2 is 2.12 bits per heavy atom. The Morgan fingerprint density at radius 1 is 1.38 bits per heavy atom. The van der Waals surface area contributed by atoms with Gasteiger partial charge in [0.2, 0.25) is 0 Å². The molecule has 2 aliphatic rings. The highest BCUT2D eigenvalue weighted by atomic mass is 15.0. The van der Waals surface area contributed by atoms with Crippen LogP contribution in [0.5, 0.6) is 0 Å². The topological polar surface area (TPSA) is 12.0 Å². The molecule has 16 heavy (non-hydrogen) atoms. The van der Waals surface area contributed by atoms with Gasteiger partial charge in [-0.25, -0.2) is 0 Å². The van der Waals surface area contributed by atoms with Crippen LogP contribution in [0.4, 0.5) is 0 Å². The second-order valence-corrected chi connectivity index (χ2v) is 6.61. The molecule has 2 rings (SSSR count). The molecule has 0 aromatic rings. The first-order valence-electron chi connectivity index (χ1n) is 6.67. The molecule has 0 heterocycles. The highest BCUT2D eigenvalue weighted by Crippen LogP contribution is 2.62. The van der Waals surface area contributed by atoms with Crippen molar-refractivity contribution >= 4 is 0 Å². The molecule has 3 unspecified atom stereocenters. The smallest absolute Gasteiger partial charge is 0.0175 e. The summed E-state index contributed by atoms with van der Waals surface area (Å²) >= 11 is 0. The van der Waals surface area contributed by atoms with Crippen LogP contribution >= 0.6 is 0 Å². The molecule has 0 spiro atoms. The molecule has 3 atom stereocenters. The van der Waals surface area contributed by atoms with Crippen molar-refractivity contribution in [3.63, 3.8) is 0 Å². The van der Waals surface area contributed by atoms with Gasteiger partial charge in [0.1, 0.15) is 0 Å². The number of nitrogens with one attached hydrogen (secondary N) is 1. The van der Waals surface area contributed by atoms with E-state index < -0.39 is 0 Å². The molecule has 1 N–H and O–H groups in total. The molecule has 1 nitrogen and oxygen atoms in total. The van der Waals surface area contributed by atoms with E-state index in [2.05, 4.69) is 32.0 Å². The fraction of sp³-hybridized carbons (Fsp3) is 0.867. The van der Waals surface area contributed by atoms with Gasteiger partial charge in [-0.15, -0.1) is 12.3 Å². The summed E-state index contributed by atoms with van der Waals surface area (Å²) in [6, 6.07) is 0.691. The summed E-state index contributed by atoms with van der Waals surface area (Å²) in [4.78, 5) is 0. The fourth-order valence-electron chi connectivity index (χ4n) is 4.25. The van der Waals surface area contributed by atoms with Gasteiger partial charge in [-0.3, -0.25) is 0 Å². The molecular weight excluding hydrogens is 194 g/mol. The van der Waals surface area contributed by atoms with Crippen LogP contribution in [0.25, 0.3) is 0 Å². The number of terminal acetylenes is 1. The van der Waals surface area contributed by atoms with Gasteiger partial charge < -0.3 is 5.32 Å². The Bertz CT molecular complexity index is 294. The van der Waals surface area contributed by atoms with Crippen molar-refractivity contribution in [2.24, 2.45) is 16.7 Å². The van der Waals surface area contributed by atoms with Crippen LogP contribution in [-0.4, -0.2) is 12.6 Å². The Labute approximate surface area is 100 Å². The molecule has 2 fully saturated rings. The minimum absolute atomic E-state index is 0.475. The zero-order valence-corrected chi connectivity index (χ0v) is 11.0. The van der Waals surface area contributed by atoms with E-state index in [0.29, 0.717) is 16.9 Å². The predicted octanol–water partition coefficient (Wildman–Crippen LogP) is 3.20. The maximum Gasteiger partial charge on any atom is 0.0175 e. The molecule has 90 valence electrons. The van der Waals surface area contributed by atoms with E-state index in [1.807, 2.05) is 0 Å². The van der Waals surface area contributed by atoms with Gasteiger partial charge in [0.05, 0.1) is 0 Å². The van der Waals surface area contributed by atoms with Crippen molar-refractivity contribution < 1.29 is 0 Å². The Hall–Kier alpha value is -0.480. The van der Waals surface area contributed by atoms with Crippen LogP contribution < -0.4 is 5.32 Å². The first-order valence-corrected chi connectivity index (χ1v) is 6.67. The van der Waals surface area contributed by atoms with Gasteiger partial charge >= 0.3 is 0 Å². The molecule has 0 aliphatic heterocycles. The SMILES string of the molecule is C#CCCCNC1C2(C)CCC(C2)C1(C)C. The minimum atomic E-state index is 0.475. The average molecular weight is 219 g/mol. The molecule has 0 aromatic heterocycles. The van der Waals surface area contributed by atoms with Crippen molar-refractivity contribution in [1.29, 1.82) is 0 Å². The van der Waals surface area contributed by atoms with Crippen LogP contribution in [0.3, 0.4) is 0 Å². The predicted molar refractivity (Wildman–Crippen MR) is 69.1 cm³/mol. The molecule has 2 aliphatic carbocycles. The monoisotopic (exact) mass is 219 g/mol. The van der Waals surface area contributed by atoms with Crippen molar-refractivity contribution in [1.82, 2.24) is 5.32 Å². The third-order valence-corrected chi connectivity index (χ3v) is 5.12. The van der Waals surface area contributed by atoms with Crippen molar-refractivity contribution in [3.05, 3.63) is 0 Å². The zero-order chi connectivity index (χ0) is 11.8. The van der Waals surface area contributed by atoms with E-state index in [1.54, 1.807) is 0 Å². The second-order valence-electron chi connectivity index (χ2n) is 6.61. The lowest BCUT2D eigenvalue weighted by molar-refractivity contribution is 0.109. The first kappa shape index (κ1) is 12.0. The van der Waals surface area contributed by atoms with Gasteiger partial charge in [0.15, 0.2) is 0 Å². The number of unbranched alkanes of at least 4 members (excludes halogenated alkanes) is 1. The third-order valence-electron chi connectivity index (χ3n) is 5.12. The second kappa shape index (κ2) is 4.08. The van der Waals surface area contributed by atoms with Gasteiger partial charge in [0, 0.05) is 12.5 Å². The highest BCUT2D eigenvalue weighted by Gasteiger charge is 2.58. The highest BCUT2D eigenvalue weighted by molar-refractivity contribution is 5.11. The van der Waals surface area contributed by atoms with E-state index in [-0.39, 0.29) is 0 Å². The number of rotatable bonds is 4. The molecule has 0 radical (unpaired) electrons. The summed E-state index contributed by atoms with van der Waals surface area (Å²) < 4.78 is 0. The number of hydrogen-bond donors (Lipinski definition) is 1. The van der Waals surface area contributed by atoms with Crippen molar-refractivity contribution in [2.75, 3.05) is 6.54 Å². The van der Waals surface area contributed by atoms with E-state index >= 15 is 0 Å². The Morgan fingerprint density at radius 3 is 2.69 bits per heavy atom. The van der Waals surface area contributed by atoms with Crippen LogP contribution in [0.2, 0.25) is 0 Å². The van der Waals surface area contributed by atoms with Gasteiger partial charge in [-0.2, -0.15) is 0 Å². The minimum Gasteiger partial charge on any atom is -0.313 e. The molecular formula is C15H25N. The molecule has 0 aromatic carbocycles. The van der Waals surface area contributed by atoms with E-state index in [9.17, 15) is 0 Å².